The first-order chi connectivity index (χ1) is 8.63. The largest absolute Gasteiger partial charge is 0.382 e. The number of halogens is 2. The number of nitrogens with zero attached hydrogens (tertiary/aromatic N) is 3. The van der Waals surface area contributed by atoms with Gasteiger partial charge in [0.2, 0.25) is 0 Å². The van der Waals surface area contributed by atoms with Crippen molar-refractivity contribution in [1.82, 2.24) is 15.0 Å². The van der Waals surface area contributed by atoms with E-state index in [4.69, 9.17) is 0 Å². The maximum atomic E-state index is 10.4. The fourth-order valence-corrected chi connectivity index (χ4v) is 3.01. The lowest BCUT2D eigenvalue weighted by Crippen LogP contribution is -2.10. The van der Waals surface area contributed by atoms with Crippen molar-refractivity contribution in [3.05, 3.63) is 44.6 Å². The lowest BCUT2D eigenvalue weighted by Gasteiger charge is -2.14. The third kappa shape index (κ3) is 2.81. The number of rotatable bonds is 4. The highest BCUT2D eigenvalue weighted by Gasteiger charge is 2.18. The van der Waals surface area contributed by atoms with E-state index in [9.17, 15) is 5.11 Å². The van der Waals surface area contributed by atoms with Crippen molar-refractivity contribution in [2.75, 3.05) is 0 Å². The highest BCUT2D eigenvalue weighted by molar-refractivity contribution is 9.11. The molecule has 0 saturated heterocycles. The molecule has 0 amide bonds. The Balaban J connectivity index is 2.35. The van der Waals surface area contributed by atoms with Crippen LogP contribution >= 0.6 is 31.9 Å². The molecule has 0 spiro atoms. The summed E-state index contributed by atoms with van der Waals surface area (Å²) in [5, 5.41) is 18.3. The van der Waals surface area contributed by atoms with Crippen molar-refractivity contribution in [2.24, 2.45) is 0 Å². The zero-order valence-corrected chi connectivity index (χ0v) is 13.0. The van der Waals surface area contributed by atoms with Gasteiger partial charge in [-0.3, -0.25) is 0 Å². The molecular formula is C12H13Br2N3O. The topological polar surface area (TPSA) is 50.9 Å². The summed E-state index contributed by atoms with van der Waals surface area (Å²) < 4.78 is 3.55. The van der Waals surface area contributed by atoms with Gasteiger partial charge in [-0.15, -0.1) is 5.10 Å². The molecule has 0 bridgehead atoms. The molecule has 1 unspecified atom stereocenters. The number of benzene rings is 1. The van der Waals surface area contributed by atoms with Gasteiger partial charge in [0.1, 0.15) is 6.10 Å². The van der Waals surface area contributed by atoms with Gasteiger partial charge < -0.3 is 5.11 Å². The van der Waals surface area contributed by atoms with Crippen molar-refractivity contribution in [1.29, 1.82) is 0 Å². The lowest BCUT2D eigenvalue weighted by molar-refractivity contribution is 0.206. The van der Waals surface area contributed by atoms with Crippen LogP contribution in [0.4, 0.5) is 0 Å². The van der Waals surface area contributed by atoms with Crippen LogP contribution in [0.15, 0.2) is 33.3 Å². The van der Waals surface area contributed by atoms with E-state index in [0.29, 0.717) is 5.69 Å². The Morgan fingerprint density at radius 2 is 2.17 bits per heavy atom. The summed E-state index contributed by atoms with van der Waals surface area (Å²) in [6.07, 6.45) is 1.83. The molecule has 18 heavy (non-hydrogen) atoms. The SMILES string of the molecule is CCCn1nncc1C(O)c1ccc(Br)cc1Br. The number of aryl methyl sites for hydroxylation is 1. The van der Waals surface area contributed by atoms with Gasteiger partial charge in [-0.25, -0.2) is 4.68 Å². The third-order valence-electron chi connectivity index (χ3n) is 2.62. The standard InChI is InChI=1S/C12H13Br2N3O/c1-2-5-17-11(7-15-16-17)12(18)9-4-3-8(13)6-10(9)14/h3-4,6-7,12,18H,2,5H2,1H3. The van der Waals surface area contributed by atoms with Gasteiger partial charge in [-0.05, 0) is 18.6 Å². The van der Waals surface area contributed by atoms with Gasteiger partial charge >= 0.3 is 0 Å². The summed E-state index contributed by atoms with van der Waals surface area (Å²) in [7, 11) is 0. The Labute approximate surface area is 122 Å². The van der Waals surface area contributed by atoms with Crippen LogP contribution in [-0.2, 0) is 6.54 Å². The van der Waals surface area contributed by atoms with Crippen molar-refractivity contribution in [3.8, 4) is 0 Å². The second-order valence-electron chi connectivity index (χ2n) is 3.95. The number of hydrogen-bond acceptors (Lipinski definition) is 3. The predicted octanol–water partition coefficient (Wildman–Crippen LogP) is 3.29. The fourth-order valence-electron chi connectivity index (χ4n) is 1.75. The van der Waals surface area contributed by atoms with Crippen LogP contribution in [0.1, 0.15) is 30.7 Å². The molecule has 1 N–H and O–H groups in total. The minimum Gasteiger partial charge on any atom is -0.382 e. The van der Waals surface area contributed by atoms with E-state index in [1.807, 2.05) is 18.2 Å². The minimum atomic E-state index is -0.728. The Morgan fingerprint density at radius 1 is 1.39 bits per heavy atom. The number of aliphatic hydroxyl groups excluding tert-OH is 1. The summed E-state index contributed by atoms with van der Waals surface area (Å²) in [5.41, 5.74) is 1.51. The Hall–Kier alpha value is -0.720. The van der Waals surface area contributed by atoms with E-state index in [1.54, 1.807) is 10.9 Å². The van der Waals surface area contributed by atoms with Crippen LogP contribution in [0, 0.1) is 0 Å². The summed E-state index contributed by atoms with van der Waals surface area (Å²) in [4.78, 5) is 0. The number of hydrogen-bond donors (Lipinski definition) is 1. The molecule has 2 rings (SSSR count). The van der Waals surface area contributed by atoms with Gasteiger partial charge in [0, 0.05) is 21.1 Å². The summed E-state index contributed by atoms with van der Waals surface area (Å²) in [6.45, 7) is 2.81. The molecule has 0 aliphatic rings. The average Bonchev–Trinajstić information content (AvgIpc) is 2.77. The van der Waals surface area contributed by atoms with Gasteiger partial charge in [-0.2, -0.15) is 0 Å². The molecule has 1 heterocycles. The quantitative estimate of drug-likeness (QED) is 0.893. The van der Waals surface area contributed by atoms with E-state index < -0.39 is 6.10 Å². The smallest absolute Gasteiger partial charge is 0.123 e. The highest BCUT2D eigenvalue weighted by Crippen LogP contribution is 2.30. The molecule has 1 aromatic carbocycles. The van der Waals surface area contributed by atoms with Gasteiger partial charge in [-0.1, -0.05) is 50.1 Å². The van der Waals surface area contributed by atoms with E-state index in [2.05, 4.69) is 49.1 Å². The van der Waals surface area contributed by atoms with Crippen LogP contribution in [0.5, 0.6) is 0 Å². The molecule has 0 radical (unpaired) electrons. The molecular weight excluding hydrogens is 362 g/mol. The predicted molar refractivity (Wildman–Crippen MR) is 76.2 cm³/mol. The normalized spacial score (nSPS) is 12.7. The Kier molecular flexibility index (Phi) is 4.53. The molecule has 4 nitrogen and oxygen atoms in total. The van der Waals surface area contributed by atoms with Crippen molar-refractivity contribution < 1.29 is 5.11 Å². The molecule has 96 valence electrons. The zero-order valence-electron chi connectivity index (χ0n) is 9.85. The van der Waals surface area contributed by atoms with Crippen LogP contribution in [0.3, 0.4) is 0 Å². The second kappa shape index (κ2) is 5.95. The molecule has 0 aliphatic heterocycles. The van der Waals surface area contributed by atoms with Gasteiger partial charge in [0.05, 0.1) is 11.9 Å². The molecule has 0 saturated carbocycles. The highest BCUT2D eigenvalue weighted by atomic mass is 79.9. The van der Waals surface area contributed by atoms with Crippen LogP contribution in [0.2, 0.25) is 0 Å². The molecule has 0 fully saturated rings. The van der Waals surface area contributed by atoms with E-state index in [-0.39, 0.29) is 0 Å². The molecule has 1 aromatic heterocycles. The van der Waals surface area contributed by atoms with Gasteiger partial charge in [0.25, 0.3) is 0 Å². The van der Waals surface area contributed by atoms with Crippen molar-refractivity contribution in [3.63, 3.8) is 0 Å². The number of aromatic nitrogens is 3. The third-order valence-corrected chi connectivity index (χ3v) is 3.80. The average molecular weight is 375 g/mol. The number of aliphatic hydroxyl groups is 1. The monoisotopic (exact) mass is 373 g/mol. The summed E-state index contributed by atoms with van der Waals surface area (Å²) >= 11 is 6.85. The molecule has 1 atom stereocenters. The Bertz CT molecular complexity index is 542. The molecule has 2 aromatic rings. The maximum absolute atomic E-state index is 10.4. The summed E-state index contributed by atoms with van der Waals surface area (Å²) in [5.74, 6) is 0. The maximum Gasteiger partial charge on any atom is 0.123 e. The second-order valence-corrected chi connectivity index (χ2v) is 5.72. The first-order valence-corrected chi connectivity index (χ1v) is 7.23. The molecule has 6 heteroatoms. The van der Waals surface area contributed by atoms with E-state index in [1.165, 1.54) is 0 Å². The first-order valence-electron chi connectivity index (χ1n) is 5.65. The molecule has 0 aliphatic carbocycles. The van der Waals surface area contributed by atoms with E-state index in [0.717, 1.165) is 27.5 Å². The van der Waals surface area contributed by atoms with Crippen LogP contribution < -0.4 is 0 Å². The zero-order chi connectivity index (χ0) is 13.1. The van der Waals surface area contributed by atoms with Crippen molar-refractivity contribution in [2.45, 2.75) is 26.0 Å². The lowest BCUT2D eigenvalue weighted by atomic mass is 10.1. The van der Waals surface area contributed by atoms with E-state index >= 15 is 0 Å². The van der Waals surface area contributed by atoms with Gasteiger partial charge in [0.15, 0.2) is 0 Å². The van der Waals surface area contributed by atoms with Crippen molar-refractivity contribution >= 4 is 31.9 Å². The van der Waals surface area contributed by atoms with Crippen LogP contribution in [0.25, 0.3) is 0 Å². The first kappa shape index (κ1) is 13.7. The van der Waals surface area contributed by atoms with Crippen LogP contribution in [-0.4, -0.2) is 20.1 Å². The fraction of sp³-hybridized carbons (Fsp3) is 0.333. The Morgan fingerprint density at radius 3 is 2.83 bits per heavy atom. The summed E-state index contributed by atoms with van der Waals surface area (Å²) in [6, 6.07) is 5.69. The minimum absolute atomic E-state index is 0.708.